The minimum Gasteiger partial charge on any atom is -0.336 e. The van der Waals surface area contributed by atoms with E-state index < -0.39 is 0 Å². The van der Waals surface area contributed by atoms with Gasteiger partial charge < -0.3 is 4.90 Å². The zero-order valence-corrected chi connectivity index (χ0v) is 17.1. The Bertz CT molecular complexity index is 1020. The number of aromatic nitrogens is 4. The van der Waals surface area contributed by atoms with Gasteiger partial charge in [-0.05, 0) is 68.9 Å². The highest BCUT2D eigenvalue weighted by atomic mass is 16.2. The molecule has 1 amide bonds. The fourth-order valence-corrected chi connectivity index (χ4v) is 4.60. The van der Waals surface area contributed by atoms with Crippen molar-refractivity contribution in [1.82, 2.24) is 24.6 Å². The van der Waals surface area contributed by atoms with Crippen molar-refractivity contribution in [3.63, 3.8) is 0 Å². The summed E-state index contributed by atoms with van der Waals surface area (Å²) in [4.78, 5) is 23.9. The fourth-order valence-electron chi connectivity index (χ4n) is 4.60. The third-order valence-electron chi connectivity index (χ3n) is 5.98. The van der Waals surface area contributed by atoms with E-state index in [0.717, 1.165) is 41.8 Å². The van der Waals surface area contributed by atoms with Crippen molar-refractivity contribution >= 4 is 16.9 Å². The number of hydrogen-bond donors (Lipinski definition) is 0. The fraction of sp³-hybridized carbons (Fsp3) is 0.455. The minimum atomic E-state index is 0.180. The zero-order valence-electron chi connectivity index (χ0n) is 17.1. The second-order valence-corrected chi connectivity index (χ2v) is 7.73. The number of pyridine rings is 2. The van der Waals surface area contributed by atoms with E-state index in [9.17, 15) is 4.79 Å². The first kappa shape index (κ1) is 18.6. The lowest BCUT2D eigenvalue weighted by atomic mass is 9.98. The largest absolute Gasteiger partial charge is 0.336 e. The smallest absolute Gasteiger partial charge is 0.223 e. The lowest BCUT2D eigenvalue weighted by Gasteiger charge is -2.25. The van der Waals surface area contributed by atoms with Gasteiger partial charge >= 0.3 is 0 Å². The molecule has 0 spiro atoms. The van der Waals surface area contributed by atoms with Gasteiger partial charge in [-0.15, -0.1) is 0 Å². The van der Waals surface area contributed by atoms with Crippen LogP contribution in [-0.4, -0.2) is 37.1 Å². The van der Waals surface area contributed by atoms with Crippen LogP contribution in [0.25, 0.3) is 11.0 Å². The van der Waals surface area contributed by atoms with Crippen molar-refractivity contribution in [2.24, 2.45) is 7.05 Å². The summed E-state index contributed by atoms with van der Waals surface area (Å²) in [6, 6.07) is 4.22. The maximum atomic E-state index is 13.0. The molecule has 146 valence electrons. The Hall–Kier alpha value is -2.76. The Morgan fingerprint density at radius 2 is 1.93 bits per heavy atom. The van der Waals surface area contributed by atoms with Gasteiger partial charge in [-0.25, -0.2) is 4.98 Å². The van der Waals surface area contributed by atoms with Crippen LogP contribution in [0.3, 0.4) is 0 Å². The molecule has 1 fully saturated rings. The van der Waals surface area contributed by atoms with Crippen LogP contribution < -0.4 is 0 Å². The van der Waals surface area contributed by atoms with Crippen LogP contribution in [0.5, 0.6) is 0 Å². The molecule has 6 heteroatoms. The molecule has 4 rings (SSSR count). The summed E-state index contributed by atoms with van der Waals surface area (Å²) in [5, 5.41) is 5.63. The predicted octanol–water partition coefficient (Wildman–Crippen LogP) is 3.58. The second-order valence-electron chi connectivity index (χ2n) is 7.73. The Labute approximate surface area is 165 Å². The van der Waals surface area contributed by atoms with Crippen LogP contribution in [0, 0.1) is 20.8 Å². The SMILES string of the molecule is Cc1nc2c(c(C)nn2C)c(C)c1CCC(=O)N1CCC[C@H]1c1ccncc1. The molecular formula is C22H27N5O. The van der Waals surface area contributed by atoms with Crippen molar-refractivity contribution < 1.29 is 4.79 Å². The lowest BCUT2D eigenvalue weighted by Crippen LogP contribution is -2.30. The molecule has 0 bridgehead atoms. The molecule has 4 heterocycles. The zero-order chi connectivity index (χ0) is 19.8. The number of amides is 1. The van der Waals surface area contributed by atoms with Gasteiger partial charge in [0.1, 0.15) is 0 Å². The molecule has 0 unspecified atom stereocenters. The molecule has 0 aliphatic carbocycles. The van der Waals surface area contributed by atoms with Crippen molar-refractivity contribution in [3.05, 3.63) is 52.6 Å². The van der Waals surface area contributed by atoms with Gasteiger partial charge in [-0.1, -0.05) is 0 Å². The molecule has 1 aliphatic heterocycles. The Balaban J connectivity index is 1.54. The summed E-state index contributed by atoms with van der Waals surface area (Å²) in [6.07, 6.45) is 6.92. The van der Waals surface area contributed by atoms with Gasteiger partial charge in [-0.2, -0.15) is 5.10 Å². The van der Waals surface area contributed by atoms with E-state index >= 15 is 0 Å². The van der Waals surface area contributed by atoms with E-state index in [-0.39, 0.29) is 11.9 Å². The van der Waals surface area contributed by atoms with E-state index in [1.807, 2.05) is 42.6 Å². The molecule has 1 aliphatic rings. The number of fused-ring (bicyclic) bond motifs is 1. The van der Waals surface area contributed by atoms with Crippen molar-refractivity contribution in [1.29, 1.82) is 0 Å². The number of carbonyl (C=O) groups is 1. The molecule has 3 aromatic heterocycles. The van der Waals surface area contributed by atoms with Gasteiger partial charge in [-0.3, -0.25) is 14.5 Å². The Kier molecular flexibility index (Phi) is 4.87. The van der Waals surface area contributed by atoms with Gasteiger partial charge in [0.05, 0.1) is 11.7 Å². The van der Waals surface area contributed by atoms with Crippen LogP contribution in [0.1, 0.15) is 53.4 Å². The number of nitrogens with zero attached hydrogens (tertiary/aromatic N) is 5. The van der Waals surface area contributed by atoms with Crippen LogP contribution in [0.15, 0.2) is 24.5 Å². The van der Waals surface area contributed by atoms with Crippen molar-refractivity contribution in [2.75, 3.05) is 6.54 Å². The first-order chi connectivity index (χ1) is 13.5. The Morgan fingerprint density at radius 1 is 1.18 bits per heavy atom. The average Bonchev–Trinajstić information content (AvgIpc) is 3.27. The first-order valence-corrected chi connectivity index (χ1v) is 9.96. The van der Waals surface area contributed by atoms with Crippen molar-refractivity contribution in [3.8, 4) is 0 Å². The normalized spacial score (nSPS) is 16.9. The number of carbonyl (C=O) groups excluding carboxylic acids is 1. The topological polar surface area (TPSA) is 63.9 Å². The lowest BCUT2D eigenvalue weighted by molar-refractivity contribution is -0.132. The monoisotopic (exact) mass is 377 g/mol. The molecule has 0 N–H and O–H groups in total. The third kappa shape index (κ3) is 3.17. The Morgan fingerprint density at radius 3 is 2.68 bits per heavy atom. The van der Waals surface area contributed by atoms with E-state index in [1.165, 1.54) is 16.7 Å². The molecule has 3 aromatic rings. The summed E-state index contributed by atoms with van der Waals surface area (Å²) in [7, 11) is 1.93. The van der Waals surface area contributed by atoms with Crippen LogP contribution in [-0.2, 0) is 18.3 Å². The van der Waals surface area contributed by atoms with Gasteiger partial charge in [0.15, 0.2) is 5.65 Å². The molecule has 0 aromatic carbocycles. The van der Waals surface area contributed by atoms with E-state index in [0.29, 0.717) is 12.8 Å². The highest BCUT2D eigenvalue weighted by molar-refractivity contribution is 5.84. The molecule has 0 radical (unpaired) electrons. The second kappa shape index (κ2) is 7.34. The van der Waals surface area contributed by atoms with Crippen LogP contribution in [0.4, 0.5) is 0 Å². The van der Waals surface area contributed by atoms with Crippen LogP contribution in [0.2, 0.25) is 0 Å². The number of hydrogen-bond acceptors (Lipinski definition) is 4. The van der Waals surface area contributed by atoms with E-state index in [2.05, 4.69) is 17.0 Å². The summed E-state index contributed by atoms with van der Waals surface area (Å²) in [5.41, 5.74) is 6.46. The van der Waals surface area contributed by atoms with Crippen molar-refractivity contribution in [2.45, 2.75) is 52.5 Å². The molecule has 1 atom stereocenters. The molecule has 0 saturated carbocycles. The van der Waals surface area contributed by atoms with E-state index in [4.69, 9.17) is 4.98 Å². The van der Waals surface area contributed by atoms with E-state index in [1.54, 1.807) is 12.4 Å². The maximum absolute atomic E-state index is 13.0. The third-order valence-corrected chi connectivity index (χ3v) is 5.98. The summed E-state index contributed by atoms with van der Waals surface area (Å²) in [6.45, 7) is 7.01. The molecular weight excluding hydrogens is 350 g/mol. The van der Waals surface area contributed by atoms with Gasteiger partial charge in [0.2, 0.25) is 5.91 Å². The summed E-state index contributed by atoms with van der Waals surface area (Å²) in [5.74, 6) is 0.223. The number of likely N-dealkylation sites (tertiary alicyclic amines) is 1. The average molecular weight is 377 g/mol. The predicted molar refractivity (Wildman–Crippen MR) is 109 cm³/mol. The van der Waals surface area contributed by atoms with Gasteiger partial charge in [0.25, 0.3) is 0 Å². The number of rotatable bonds is 4. The molecule has 28 heavy (non-hydrogen) atoms. The summed E-state index contributed by atoms with van der Waals surface area (Å²) >= 11 is 0. The molecule has 6 nitrogen and oxygen atoms in total. The number of aryl methyl sites for hydroxylation is 4. The van der Waals surface area contributed by atoms with Crippen LogP contribution >= 0.6 is 0 Å². The molecule has 1 saturated heterocycles. The highest BCUT2D eigenvalue weighted by Crippen LogP contribution is 2.32. The summed E-state index contributed by atoms with van der Waals surface area (Å²) < 4.78 is 1.84. The minimum absolute atomic E-state index is 0.180. The standard InChI is InChI=1S/C22H27N5O/c1-14-18(15(2)24-22-21(14)16(3)25-26(22)4)7-8-20(28)27-13-5-6-19(27)17-9-11-23-12-10-17/h9-12,19H,5-8,13H2,1-4H3/t19-/m0/s1. The van der Waals surface area contributed by atoms with Gasteiger partial charge in [0, 0.05) is 43.5 Å². The first-order valence-electron chi connectivity index (χ1n) is 9.96. The highest BCUT2D eigenvalue weighted by Gasteiger charge is 2.29. The quantitative estimate of drug-likeness (QED) is 0.697. The maximum Gasteiger partial charge on any atom is 0.223 e.